The first-order chi connectivity index (χ1) is 5.65. The van der Waals surface area contributed by atoms with Crippen molar-refractivity contribution in [2.24, 2.45) is 5.92 Å². The molecule has 1 N–H and O–H groups in total. The van der Waals surface area contributed by atoms with Gasteiger partial charge in [-0.15, -0.1) is 0 Å². The summed E-state index contributed by atoms with van der Waals surface area (Å²) >= 11 is 3.37. The van der Waals surface area contributed by atoms with Crippen LogP contribution in [0.3, 0.4) is 0 Å². The third-order valence-electron chi connectivity index (χ3n) is 2.20. The Bertz CT molecular complexity index is 275. The zero-order valence-corrected chi connectivity index (χ0v) is 9.11. The van der Waals surface area contributed by atoms with E-state index in [2.05, 4.69) is 47.4 Å². The van der Waals surface area contributed by atoms with Gasteiger partial charge in [0, 0.05) is 5.69 Å². The molecular formula is C10H14BrN. The van der Waals surface area contributed by atoms with Gasteiger partial charge in [-0.05, 0) is 46.0 Å². The van der Waals surface area contributed by atoms with Crippen LogP contribution in [0.15, 0.2) is 23.3 Å². The van der Waals surface area contributed by atoms with Crippen LogP contribution >= 0.6 is 15.9 Å². The minimum absolute atomic E-state index is 0.551. The number of halogens is 1. The van der Waals surface area contributed by atoms with E-state index in [4.69, 9.17) is 0 Å². The van der Waals surface area contributed by atoms with E-state index >= 15 is 0 Å². The molecule has 1 aromatic heterocycles. The lowest BCUT2D eigenvalue weighted by molar-refractivity contribution is 0.716. The third kappa shape index (κ3) is 2.01. The molecule has 0 saturated heterocycles. The maximum Gasteiger partial charge on any atom is 0.0824 e. The summed E-state index contributed by atoms with van der Waals surface area (Å²) in [5.74, 6) is 0.551. The molecule has 2 heteroatoms. The Morgan fingerprint density at radius 1 is 1.67 bits per heavy atom. The Hall–Kier alpha value is -0.500. The molecule has 0 aliphatic heterocycles. The Kier molecular flexibility index (Phi) is 3.15. The summed E-state index contributed by atoms with van der Waals surface area (Å²) in [4.78, 5) is 3.21. The highest BCUT2D eigenvalue weighted by Crippen LogP contribution is 2.24. The monoisotopic (exact) mass is 227 g/mol. The largest absolute Gasteiger partial charge is 0.350 e. The summed E-state index contributed by atoms with van der Waals surface area (Å²) in [6, 6.07) is 4.06. The zero-order chi connectivity index (χ0) is 9.14. The van der Waals surface area contributed by atoms with Crippen molar-refractivity contribution in [1.82, 2.24) is 4.98 Å². The first-order valence-corrected chi connectivity index (χ1v) is 4.98. The molecule has 0 aromatic carbocycles. The average Bonchev–Trinajstić information content (AvgIpc) is 2.49. The molecule has 1 heterocycles. The van der Waals surface area contributed by atoms with E-state index in [-0.39, 0.29) is 0 Å². The number of hydrogen-bond acceptors (Lipinski definition) is 0. The number of nitrogens with one attached hydrogen (secondary N) is 1. The Labute approximate surface area is 82.0 Å². The van der Waals surface area contributed by atoms with E-state index in [0.29, 0.717) is 5.92 Å². The van der Waals surface area contributed by atoms with Crippen LogP contribution in [0.25, 0.3) is 5.57 Å². The van der Waals surface area contributed by atoms with Crippen molar-refractivity contribution in [2.75, 3.05) is 0 Å². The smallest absolute Gasteiger partial charge is 0.0824 e. The molecule has 0 aliphatic carbocycles. The first kappa shape index (κ1) is 9.59. The average molecular weight is 228 g/mol. The van der Waals surface area contributed by atoms with Gasteiger partial charge >= 0.3 is 0 Å². The number of hydrogen-bond donors (Lipinski definition) is 1. The Morgan fingerprint density at radius 3 is 2.75 bits per heavy atom. The highest BCUT2D eigenvalue weighted by atomic mass is 79.9. The molecule has 0 bridgehead atoms. The van der Waals surface area contributed by atoms with Crippen molar-refractivity contribution >= 4 is 21.5 Å². The molecule has 0 spiro atoms. The minimum atomic E-state index is 0.551. The number of aromatic amines is 1. The van der Waals surface area contributed by atoms with Gasteiger partial charge in [-0.3, -0.25) is 0 Å². The summed E-state index contributed by atoms with van der Waals surface area (Å²) in [7, 11) is 0. The number of allylic oxidation sites excluding steroid dienone is 1. The van der Waals surface area contributed by atoms with Crippen molar-refractivity contribution in [3.05, 3.63) is 29.0 Å². The van der Waals surface area contributed by atoms with Crippen LogP contribution < -0.4 is 0 Å². The second kappa shape index (κ2) is 3.94. The van der Waals surface area contributed by atoms with Crippen molar-refractivity contribution in [3.8, 4) is 0 Å². The van der Waals surface area contributed by atoms with Gasteiger partial charge in [0.2, 0.25) is 0 Å². The highest BCUT2D eigenvalue weighted by molar-refractivity contribution is 9.10. The Morgan fingerprint density at radius 2 is 2.33 bits per heavy atom. The van der Waals surface area contributed by atoms with Crippen molar-refractivity contribution in [2.45, 2.75) is 20.3 Å². The van der Waals surface area contributed by atoms with Crippen LogP contribution in [0.5, 0.6) is 0 Å². The molecule has 1 atom stereocenters. The predicted octanol–water partition coefficient (Wildman–Crippen LogP) is 3.84. The van der Waals surface area contributed by atoms with Crippen LogP contribution in [0, 0.1) is 5.92 Å². The molecule has 0 aliphatic rings. The predicted molar refractivity (Wildman–Crippen MR) is 57.0 cm³/mol. The fourth-order valence-electron chi connectivity index (χ4n) is 1.07. The Balaban J connectivity index is 2.78. The molecule has 0 saturated carbocycles. The first-order valence-electron chi connectivity index (χ1n) is 4.18. The standard InChI is InChI=1S/C10H14BrN/c1-4-7(2)8(3)9-5-6-10(11)12-9/h5-7,12H,3-4H2,1-2H3. The summed E-state index contributed by atoms with van der Waals surface area (Å²) < 4.78 is 1.02. The summed E-state index contributed by atoms with van der Waals surface area (Å²) in [5, 5.41) is 0. The third-order valence-corrected chi connectivity index (χ3v) is 2.67. The molecule has 66 valence electrons. The SMILES string of the molecule is C=C(c1ccc(Br)[nH]1)C(C)CC. The van der Waals surface area contributed by atoms with E-state index in [0.717, 1.165) is 16.7 Å². The molecule has 1 rings (SSSR count). The van der Waals surface area contributed by atoms with E-state index in [1.807, 2.05) is 6.07 Å². The van der Waals surface area contributed by atoms with E-state index in [1.54, 1.807) is 0 Å². The van der Waals surface area contributed by atoms with Crippen LogP contribution in [0.4, 0.5) is 0 Å². The normalized spacial score (nSPS) is 12.9. The fraction of sp³-hybridized carbons (Fsp3) is 0.400. The summed E-state index contributed by atoms with van der Waals surface area (Å²) in [6.45, 7) is 8.42. The van der Waals surface area contributed by atoms with Gasteiger partial charge in [0.1, 0.15) is 0 Å². The minimum Gasteiger partial charge on any atom is -0.350 e. The molecule has 0 fully saturated rings. The zero-order valence-electron chi connectivity index (χ0n) is 7.52. The van der Waals surface area contributed by atoms with Gasteiger partial charge in [0.25, 0.3) is 0 Å². The number of H-pyrrole nitrogens is 1. The van der Waals surface area contributed by atoms with Crippen molar-refractivity contribution < 1.29 is 0 Å². The van der Waals surface area contributed by atoms with Crippen LogP contribution in [0.1, 0.15) is 26.0 Å². The molecule has 1 unspecified atom stereocenters. The lowest BCUT2D eigenvalue weighted by Crippen LogP contribution is -1.95. The highest BCUT2D eigenvalue weighted by Gasteiger charge is 2.07. The fourth-order valence-corrected chi connectivity index (χ4v) is 1.41. The maximum atomic E-state index is 4.06. The topological polar surface area (TPSA) is 15.8 Å². The van der Waals surface area contributed by atoms with Crippen LogP contribution in [-0.4, -0.2) is 4.98 Å². The lowest BCUT2D eigenvalue weighted by Gasteiger charge is -2.10. The molecule has 0 amide bonds. The molecule has 12 heavy (non-hydrogen) atoms. The second-order valence-electron chi connectivity index (χ2n) is 3.05. The van der Waals surface area contributed by atoms with Gasteiger partial charge in [0.05, 0.1) is 4.60 Å². The second-order valence-corrected chi connectivity index (χ2v) is 3.91. The van der Waals surface area contributed by atoms with Gasteiger partial charge < -0.3 is 4.98 Å². The van der Waals surface area contributed by atoms with Gasteiger partial charge in [-0.1, -0.05) is 20.4 Å². The van der Waals surface area contributed by atoms with Gasteiger partial charge in [-0.2, -0.15) is 0 Å². The van der Waals surface area contributed by atoms with Gasteiger partial charge in [-0.25, -0.2) is 0 Å². The lowest BCUT2D eigenvalue weighted by atomic mass is 9.98. The molecule has 1 nitrogen and oxygen atoms in total. The quantitative estimate of drug-likeness (QED) is 0.808. The van der Waals surface area contributed by atoms with Crippen molar-refractivity contribution in [3.63, 3.8) is 0 Å². The molecular weight excluding hydrogens is 214 g/mol. The molecule has 0 radical (unpaired) electrons. The number of aromatic nitrogens is 1. The summed E-state index contributed by atoms with van der Waals surface area (Å²) in [6.07, 6.45) is 1.13. The summed E-state index contributed by atoms with van der Waals surface area (Å²) in [5.41, 5.74) is 2.32. The van der Waals surface area contributed by atoms with Crippen LogP contribution in [0.2, 0.25) is 0 Å². The number of rotatable bonds is 3. The van der Waals surface area contributed by atoms with Crippen LogP contribution in [-0.2, 0) is 0 Å². The molecule has 1 aromatic rings. The van der Waals surface area contributed by atoms with Crippen molar-refractivity contribution in [1.29, 1.82) is 0 Å². The van der Waals surface area contributed by atoms with E-state index in [9.17, 15) is 0 Å². The maximum absolute atomic E-state index is 4.06. The van der Waals surface area contributed by atoms with E-state index < -0.39 is 0 Å². The van der Waals surface area contributed by atoms with Gasteiger partial charge in [0.15, 0.2) is 0 Å². The van der Waals surface area contributed by atoms with E-state index in [1.165, 1.54) is 5.57 Å².